The van der Waals surface area contributed by atoms with Gasteiger partial charge in [-0.2, -0.15) is 5.26 Å². The van der Waals surface area contributed by atoms with Crippen molar-refractivity contribution >= 4 is 22.4 Å². The summed E-state index contributed by atoms with van der Waals surface area (Å²) in [7, 11) is 0. The number of allylic oxidation sites excluding steroid dienone is 1. The number of hydrogen-bond acceptors (Lipinski definition) is 2. The van der Waals surface area contributed by atoms with Crippen molar-refractivity contribution in [1.29, 1.82) is 5.26 Å². The molecule has 0 spiro atoms. The Labute approximate surface area is 158 Å². The summed E-state index contributed by atoms with van der Waals surface area (Å²) < 4.78 is 2.18. The number of benzene rings is 2. The van der Waals surface area contributed by atoms with E-state index in [1.165, 1.54) is 5.39 Å². The number of fused-ring (bicyclic) bond motifs is 1. The van der Waals surface area contributed by atoms with Gasteiger partial charge < -0.3 is 4.57 Å². The maximum absolute atomic E-state index is 9.76. The minimum Gasteiger partial charge on any atom is -0.318 e. The van der Waals surface area contributed by atoms with E-state index in [1.807, 2.05) is 36.4 Å². The Bertz CT molecular complexity index is 1190. The van der Waals surface area contributed by atoms with Crippen LogP contribution in [0.1, 0.15) is 22.5 Å². The second-order valence-electron chi connectivity index (χ2n) is 6.60. The van der Waals surface area contributed by atoms with Crippen LogP contribution in [-0.2, 0) is 0 Å². The molecule has 0 amide bonds. The zero-order valence-electron chi connectivity index (χ0n) is 15.3. The molecule has 0 unspecified atom stereocenters. The molecule has 0 aliphatic rings. The van der Waals surface area contributed by atoms with Gasteiger partial charge in [0, 0.05) is 29.5 Å². The van der Waals surface area contributed by atoms with E-state index in [2.05, 4.69) is 59.8 Å². The number of nitriles is 1. The Hall–Kier alpha value is -3.64. The lowest BCUT2D eigenvalue weighted by Crippen LogP contribution is -1.98. The first-order valence-electron chi connectivity index (χ1n) is 8.87. The fourth-order valence-corrected chi connectivity index (χ4v) is 3.52. The molecular formula is C24H19N3. The van der Waals surface area contributed by atoms with Crippen LogP contribution >= 0.6 is 0 Å². The molecule has 0 saturated heterocycles. The fourth-order valence-electron chi connectivity index (χ4n) is 3.52. The number of nitrogens with zero attached hydrogens (tertiary/aromatic N) is 3. The number of aromatic nitrogens is 2. The Balaban J connectivity index is 1.80. The first kappa shape index (κ1) is 16.8. The first-order chi connectivity index (χ1) is 13.2. The van der Waals surface area contributed by atoms with Gasteiger partial charge in [-0.25, -0.2) is 0 Å². The predicted molar refractivity (Wildman–Crippen MR) is 110 cm³/mol. The average Bonchev–Trinajstić information content (AvgIpc) is 2.99. The van der Waals surface area contributed by atoms with E-state index in [-0.39, 0.29) is 0 Å². The van der Waals surface area contributed by atoms with Crippen molar-refractivity contribution < 1.29 is 0 Å². The number of pyridine rings is 1. The molecular weight excluding hydrogens is 330 g/mol. The number of aryl methyl sites for hydroxylation is 1. The van der Waals surface area contributed by atoms with Crippen LogP contribution in [0.5, 0.6) is 0 Å². The second kappa shape index (κ2) is 6.93. The minimum atomic E-state index is 0.663. The SMILES string of the molecule is Cc1cc(C=C(C#N)c2ccc3ccccc3c2)c(C)n1-c1ccncc1. The summed E-state index contributed by atoms with van der Waals surface area (Å²) in [6.45, 7) is 4.15. The van der Waals surface area contributed by atoms with Crippen LogP contribution in [0.2, 0.25) is 0 Å². The van der Waals surface area contributed by atoms with Gasteiger partial charge in [-0.3, -0.25) is 4.98 Å². The third kappa shape index (κ3) is 3.14. The Morgan fingerprint density at radius 2 is 1.70 bits per heavy atom. The first-order valence-corrected chi connectivity index (χ1v) is 8.87. The molecule has 27 heavy (non-hydrogen) atoms. The van der Waals surface area contributed by atoms with Crippen molar-refractivity contribution in [3.05, 3.63) is 95.6 Å². The molecule has 0 N–H and O–H groups in total. The quantitative estimate of drug-likeness (QED) is 0.445. The lowest BCUT2D eigenvalue weighted by molar-refractivity contribution is 0.960. The summed E-state index contributed by atoms with van der Waals surface area (Å²) in [6.07, 6.45) is 5.56. The molecule has 0 aliphatic heterocycles. The van der Waals surface area contributed by atoms with Crippen molar-refractivity contribution in [3.63, 3.8) is 0 Å². The summed E-state index contributed by atoms with van der Waals surface area (Å²) in [4.78, 5) is 4.09. The highest BCUT2D eigenvalue weighted by Crippen LogP contribution is 2.26. The van der Waals surface area contributed by atoms with Gasteiger partial charge in [0.1, 0.15) is 0 Å². The average molecular weight is 349 g/mol. The van der Waals surface area contributed by atoms with Gasteiger partial charge in [0.05, 0.1) is 11.6 Å². The lowest BCUT2D eigenvalue weighted by Gasteiger charge is -2.09. The smallest absolute Gasteiger partial charge is 0.0998 e. The number of rotatable bonds is 3. The van der Waals surface area contributed by atoms with Gasteiger partial charge in [-0.05, 0) is 66.1 Å². The highest BCUT2D eigenvalue weighted by molar-refractivity contribution is 5.94. The topological polar surface area (TPSA) is 41.6 Å². The van der Waals surface area contributed by atoms with Gasteiger partial charge in [0.15, 0.2) is 0 Å². The van der Waals surface area contributed by atoms with Crippen LogP contribution < -0.4 is 0 Å². The Morgan fingerprint density at radius 3 is 2.44 bits per heavy atom. The van der Waals surface area contributed by atoms with Crippen molar-refractivity contribution in [1.82, 2.24) is 9.55 Å². The molecule has 3 heteroatoms. The van der Waals surface area contributed by atoms with Crippen LogP contribution in [0.15, 0.2) is 73.1 Å². The van der Waals surface area contributed by atoms with Crippen molar-refractivity contribution in [2.24, 2.45) is 0 Å². The second-order valence-corrected chi connectivity index (χ2v) is 6.60. The largest absolute Gasteiger partial charge is 0.318 e. The van der Waals surface area contributed by atoms with Gasteiger partial charge in [0.25, 0.3) is 0 Å². The van der Waals surface area contributed by atoms with E-state index in [0.29, 0.717) is 5.57 Å². The van der Waals surface area contributed by atoms with Crippen LogP contribution in [0.3, 0.4) is 0 Å². The summed E-state index contributed by atoms with van der Waals surface area (Å²) in [6, 6.07) is 22.8. The van der Waals surface area contributed by atoms with Gasteiger partial charge in [-0.1, -0.05) is 36.4 Å². The lowest BCUT2D eigenvalue weighted by atomic mass is 10.0. The van der Waals surface area contributed by atoms with Crippen LogP contribution in [0.25, 0.3) is 28.1 Å². The van der Waals surface area contributed by atoms with Crippen molar-refractivity contribution in [2.75, 3.05) is 0 Å². The minimum absolute atomic E-state index is 0.663. The van der Waals surface area contributed by atoms with Crippen LogP contribution in [0.4, 0.5) is 0 Å². The molecule has 0 fully saturated rings. The molecule has 0 radical (unpaired) electrons. The van der Waals surface area contributed by atoms with Crippen LogP contribution in [0, 0.1) is 25.2 Å². The summed E-state index contributed by atoms with van der Waals surface area (Å²) >= 11 is 0. The maximum atomic E-state index is 9.76. The normalized spacial score (nSPS) is 11.5. The predicted octanol–water partition coefficient (Wildman–Crippen LogP) is 5.71. The molecule has 130 valence electrons. The molecule has 4 aromatic rings. The summed E-state index contributed by atoms with van der Waals surface area (Å²) in [5.74, 6) is 0. The monoisotopic (exact) mass is 349 g/mol. The van der Waals surface area contributed by atoms with Crippen molar-refractivity contribution in [2.45, 2.75) is 13.8 Å². The molecule has 4 rings (SSSR count). The Morgan fingerprint density at radius 1 is 0.963 bits per heavy atom. The molecule has 0 saturated carbocycles. The molecule has 2 heterocycles. The molecule has 0 bridgehead atoms. The summed E-state index contributed by atoms with van der Waals surface area (Å²) in [5, 5.41) is 12.1. The number of hydrogen-bond donors (Lipinski definition) is 0. The molecule has 3 nitrogen and oxygen atoms in total. The molecule has 2 aromatic carbocycles. The van der Waals surface area contributed by atoms with Gasteiger partial charge >= 0.3 is 0 Å². The van der Waals surface area contributed by atoms with E-state index < -0.39 is 0 Å². The van der Waals surface area contributed by atoms with E-state index in [1.54, 1.807) is 12.4 Å². The third-order valence-corrected chi connectivity index (χ3v) is 4.87. The van der Waals surface area contributed by atoms with E-state index >= 15 is 0 Å². The maximum Gasteiger partial charge on any atom is 0.0998 e. The van der Waals surface area contributed by atoms with Gasteiger partial charge in [0.2, 0.25) is 0 Å². The molecule has 0 atom stereocenters. The molecule has 2 aromatic heterocycles. The third-order valence-electron chi connectivity index (χ3n) is 4.87. The fraction of sp³-hybridized carbons (Fsp3) is 0.0833. The van der Waals surface area contributed by atoms with Gasteiger partial charge in [-0.15, -0.1) is 0 Å². The molecule has 0 aliphatic carbocycles. The highest BCUT2D eigenvalue weighted by Gasteiger charge is 2.11. The van der Waals surface area contributed by atoms with E-state index in [9.17, 15) is 5.26 Å². The summed E-state index contributed by atoms with van der Waals surface area (Å²) in [5.41, 5.74) is 5.95. The van der Waals surface area contributed by atoms with Crippen LogP contribution in [-0.4, -0.2) is 9.55 Å². The zero-order valence-corrected chi connectivity index (χ0v) is 15.3. The van der Waals surface area contributed by atoms with E-state index in [0.717, 1.165) is 33.6 Å². The van der Waals surface area contributed by atoms with E-state index in [4.69, 9.17) is 0 Å². The highest BCUT2D eigenvalue weighted by atomic mass is 15.0. The standard InChI is InChI=1S/C24H19N3/c1-17-13-22(18(2)27(17)24-9-11-26-12-10-24)15-23(16-25)21-8-7-19-5-3-4-6-20(19)14-21/h3-15H,1-2H3. The van der Waals surface area contributed by atoms with Crippen molar-refractivity contribution in [3.8, 4) is 11.8 Å². The zero-order chi connectivity index (χ0) is 18.8. The Kier molecular flexibility index (Phi) is 4.32.